The molecule has 0 saturated heterocycles. The maximum Gasteiger partial charge on any atom is 0.131 e. The Bertz CT molecular complexity index is 570. The number of rotatable bonds is 3. The van der Waals surface area contributed by atoms with E-state index in [1.807, 2.05) is 0 Å². The molecule has 2 rings (SSSR count). The number of anilines is 3. The fourth-order valence-corrected chi connectivity index (χ4v) is 1.55. The molecule has 0 saturated carbocycles. The third-order valence-corrected chi connectivity index (χ3v) is 2.58. The molecule has 0 bridgehead atoms. The molecule has 0 spiro atoms. The van der Waals surface area contributed by atoms with Gasteiger partial charge in [0.15, 0.2) is 0 Å². The van der Waals surface area contributed by atoms with Crippen molar-refractivity contribution in [1.82, 2.24) is 0 Å². The van der Waals surface area contributed by atoms with Gasteiger partial charge in [0, 0.05) is 23.9 Å². The first kappa shape index (κ1) is 12.2. The van der Waals surface area contributed by atoms with Crippen LogP contribution in [0.1, 0.15) is 5.56 Å². The zero-order chi connectivity index (χ0) is 13.1. The van der Waals surface area contributed by atoms with Crippen LogP contribution >= 0.6 is 0 Å². The summed E-state index contributed by atoms with van der Waals surface area (Å²) in [6.45, 7) is 0.246. The molecule has 0 heterocycles. The van der Waals surface area contributed by atoms with Gasteiger partial charge in [0.25, 0.3) is 0 Å². The van der Waals surface area contributed by atoms with Gasteiger partial charge in [0.05, 0.1) is 11.4 Å². The molecular weight excluding hydrogens is 236 g/mol. The van der Waals surface area contributed by atoms with E-state index < -0.39 is 11.6 Å². The van der Waals surface area contributed by atoms with E-state index in [9.17, 15) is 8.78 Å². The second-order valence-corrected chi connectivity index (χ2v) is 3.93. The lowest BCUT2D eigenvalue weighted by Gasteiger charge is -2.09. The Hall–Kier alpha value is -2.30. The molecule has 2 aromatic carbocycles. The number of hydrogen-bond donors (Lipinski definition) is 3. The van der Waals surface area contributed by atoms with Crippen molar-refractivity contribution in [3.63, 3.8) is 0 Å². The highest BCUT2D eigenvalue weighted by atomic mass is 19.1. The topological polar surface area (TPSA) is 64.1 Å². The molecule has 18 heavy (non-hydrogen) atoms. The van der Waals surface area contributed by atoms with Gasteiger partial charge >= 0.3 is 0 Å². The van der Waals surface area contributed by atoms with E-state index in [0.717, 1.165) is 11.8 Å². The van der Waals surface area contributed by atoms with Crippen LogP contribution in [0.3, 0.4) is 0 Å². The average molecular weight is 249 g/mol. The molecule has 5 N–H and O–H groups in total. The van der Waals surface area contributed by atoms with Crippen LogP contribution < -0.4 is 16.8 Å². The van der Waals surface area contributed by atoms with Crippen molar-refractivity contribution in [2.75, 3.05) is 16.8 Å². The van der Waals surface area contributed by atoms with Crippen LogP contribution in [0.4, 0.5) is 25.8 Å². The molecule has 0 aliphatic carbocycles. The molecule has 0 amide bonds. The van der Waals surface area contributed by atoms with E-state index >= 15 is 0 Å². The van der Waals surface area contributed by atoms with Crippen LogP contribution in [-0.2, 0) is 6.54 Å². The number of halogens is 2. The normalized spacial score (nSPS) is 10.3. The first-order valence-electron chi connectivity index (χ1n) is 5.39. The van der Waals surface area contributed by atoms with Crippen molar-refractivity contribution in [2.24, 2.45) is 0 Å². The number of nitrogen functional groups attached to an aromatic ring is 2. The van der Waals surface area contributed by atoms with Crippen LogP contribution in [-0.4, -0.2) is 0 Å². The molecule has 2 aromatic rings. The van der Waals surface area contributed by atoms with Gasteiger partial charge in [-0.3, -0.25) is 0 Å². The lowest BCUT2D eigenvalue weighted by atomic mass is 10.2. The van der Waals surface area contributed by atoms with Crippen molar-refractivity contribution in [1.29, 1.82) is 0 Å². The van der Waals surface area contributed by atoms with E-state index in [1.54, 1.807) is 18.2 Å². The predicted molar refractivity (Wildman–Crippen MR) is 69.0 cm³/mol. The Morgan fingerprint density at radius 2 is 1.72 bits per heavy atom. The van der Waals surface area contributed by atoms with Crippen molar-refractivity contribution in [2.45, 2.75) is 6.54 Å². The second kappa shape index (κ2) is 4.91. The standard InChI is InChI=1S/C13H13F2N3/c14-9-2-1-8(11(15)5-9)7-18-10-3-4-12(16)13(17)6-10/h1-6,18H,7,16-17H2. The predicted octanol–water partition coefficient (Wildman–Crippen LogP) is 2.74. The number of benzene rings is 2. The van der Waals surface area contributed by atoms with Crippen molar-refractivity contribution >= 4 is 17.1 Å². The van der Waals surface area contributed by atoms with Gasteiger partial charge in [-0.15, -0.1) is 0 Å². The maximum atomic E-state index is 13.4. The number of hydrogen-bond acceptors (Lipinski definition) is 3. The minimum absolute atomic E-state index is 0.246. The van der Waals surface area contributed by atoms with Crippen LogP contribution in [0.2, 0.25) is 0 Å². The smallest absolute Gasteiger partial charge is 0.131 e. The van der Waals surface area contributed by atoms with Gasteiger partial charge in [-0.05, 0) is 24.3 Å². The summed E-state index contributed by atoms with van der Waals surface area (Å²) in [6.07, 6.45) is 0. The highest BCUT2D eigenvalue weighted by Gasteiger charge is 2.04. The lowest BCUT2D eigenvalue weighted by Crippen LogP contribution is -2.03. The first-order chi connectivity index (χ1) is 8.56. The molecular formula is C13H13F2N3. The summed E-state index contributed by atoms with van der Waals surface area (Å²) >= 11 is 0. The summed E-state index contributed by atoms with van der Waals surface area (Å²) in [6, 6.07) is 8.55. The first-order valence-corrected chi connectivity index (χ1v) is 5.39. The highest BCUT2D eigenvalue weighted by Crippen LogP contribution is 2.20. The highest BCUT2D eigenvalue weighted by molar-refractivity contribution is 5.69. The van der Waals surface area contributed by atoms with Gasteiger partial charge in [-0.2, -0.15) is 0 Å². The zero-order valence-electron chi connectivity index (χ0n) is 9.58. The van der Waals surface area contributed by atoms with E-state index in [1.165, 1.54) is 12.1 Å². The molecule has 0 atom stereocenters. The lowest BCUT2D eigenvalue weighted by molar-refractivity contribution is 0.574. The minimum atomic E-state index is -0.590. The third-order valence-electron chi connectivity index (χ3n) is 2.58. The quantitative estimate of drug-likeness (QED) is 0.733. The van der Waals surface area contributed by atoms with Crippen molar-refractivity contribution in [3.8, 4) is 0 Å². The Kier molecular flexibility index (Phi) is 3.32. The Balaban J connectivity index is 2.09. The summed E-state index contributed by atoms with van der Waals surface area (Å²) in [5, 5.41) is 2.99. The van der Waals surface area contributed by atoms with Crippen LogP contribution in [0, 0.1) is 11.6 Å². The summed E-state index contributed by atoms with van der Waals surface area (Å²) in [5.41, 5.74) is 13.3. The van der Waals surface area contributed by atoms with Gasteiger partial charge in [-0.25, -0.2) is 8.78 Å². The maximum absolute atomic E-state index is 13.4. The van der Waals surface area contributed by atoms with Crippen LogP contribution in [0.25, 0.3) is 0 Å². The van der Waals surface area contributed by atoms with Gasteiger partial charge in [0.2, 0.25) is 0 Å². The fourth-order valence-electron chi connectivity index (χ4n) is 1.55. The summed E-state index contributed by atoms with van der Waals surface area (Å²) in [7, 11) is 0. The van der Waals surface area contributed by atoms with Crippen molar-refractivity contribution in [3.05, 3.63) is 53.6 Å². The summed E-state index contributed by atoms with van der Waals surface area (Å²) in [5.74, 6) is -1.17. The van der Waals surface area contributed by atoms with Crippen LogP contribution in [0.5, 0.6) is 0 Å². The molecule has 94 valence electrons. The SMILES string of the molecule is Nc1ccc(NCc2ccc(F)cc2F)cc1N. The largest absolute Gasteiger partial charge is 0.397 e. The molecule has 0 fully saturated rings. The second-order valence-electron chi connectivity index (χ2n) is 3.93. The zero-order valence-corrected chi connectivity index (χ0v) is 9.58. The van der Waals surface area contributed by atoms with Gasteiger partial charge < -0.3 is 16.8 Å². The molecule has 0 aromatic heterocycles. The molecule has 0 aliphatic heterocycles. The van der Waals surface area contributed by atoms with E-state index in [0.29, 0.717) is 16.9 Å². The van der Waals surface area contributed by atoms with Gasteiger partial charge in [0.1, 0.15) is 11.6 Å². The number of nitrogens with two attached hydrogens (primary N) is 2. The fraction of sp³-hybridized carbons (Fsp3) is 0.0769. The minimum Gasteiger partial charge on any atom is -0.397 e. The monoisotopic (exact) mass is 249 g/mol. The van der Waals surface area contributed by atoms with E-state index in [2.05, 4.69) is 5.32 Å². The van der Waals surface area contributed by atoms with Crippen LogP contribution in [0.15, 0.2) is 36.4 Å². The number of nitrogens with one attached hydrogen (secondary N) is 1. The van der Waals surface area contributed by atoms with Crippen molar-refractivity contribution < 1.29 is 8.78 Å². The Morgan fingerprint density at radius 1 is 0.944 bits per heavy atom. The van der Waals surface area contributed by atoms with E-state index in [4.69, 9.17) is 11.5 Å². The average Bonchev–Trinajstić information content (AvgIpc) is 2.32. The van der Waals surface area contributed by atoms with Gasteiger partial charge in [-0.1, -0.05) is 6.07 Å². The summed E-state index contributed by atoms with van der Waals surface area (Å²) < 4.78 is 26.1. The molecule has 0 radical (unpaired) electrons. The molecule has 0 aliphatic rings. The molecule has 5 heteroatoms. The summed E-state index contributed by atoms with van der Waals surface area (Å²) in [4.78, 5) is 0. The molecule has 0 unspecified atom stereocenters. The van der Waals surface area contributed by atoms with E-state index in [-0.39, 0.29) is 6.54 Å². The molecule has 3 nitrogen and oxygen atoms in total. The Labute approximate surface area is 103 Å². The third kappa shape index (κ3) is 2.68. The Morgan fingerprint density at radius 3 is 2.39 bits per heavy atom.